The molecule has 1 aliphatic rings. The van der Waals surface area contributed by atoms with Crippen molar-refractivity contribution in [2.24, 2.45) is 5.92 Å². The van der Waals surface area contributed by atoms with E-state index in [9.17, 15) is 4.79 Å². The number of halogens is 2. The van der Waals surface area contributed by atoms with Gasteiger partial charge in [-0.1, -0.05) is 27.5 Å². The molecule has 0 heterocycles. The van der Waals surface area contributed by atoms with Crippen LogP contribution in [0.3, 0.4) is 0 Å². The molecule has 0 unspecified atom stereocenters. The predicted molar refractivity (Wildman–Crippen MR) is 100 cm³/mol. The average molecular weight is 419 g/mol. The van der Waals surface area contributed by atoms with Crippen LogP contribution < -0.4 is 4.74 Å². The van der Waals surface area contributed by atoms with Crippen LogP contribution in [0.2, 0.25) is 5.02 Å². The maximum atomic E-state index is 12.3. The fraction of sp³-hybridized carbons (Fsp3) is 0.611. The molecule has 0 radical (unpaired) electrons. The molecule has 0 atom stereocenters. The molecule has 6 heteroatoms. The first kappa shape index (κ1) is 19.5. The summed E-state index contributed by atoms with van der Waals surface area (Å²) in [6.07, 6.45) is 4.93. The third-order valence-corrected chi connectivity index (χ3v) is 5.26. The van der Waals surface area contributed by atoms with E-state index in [-0.39, 0.29) is 12.1 Å². The summed E-state index contributed by atoms with van der Waals surface area (Å²) < 4.78 is 11.1. The van der Waals surface area contributed by atoms with E-state index in [4.69, 9.17) is 21.1 Å². The molecule has 0 aromatic heterocycles. The van der Waals surface area contributed by atoms with Crippen LogP contribution in [-0.2, 0) is 4.74 Å². The van der Waals surface area contributed by atoms with E-state index < -0.39 is 0 Å². The van der Waals surface area contributed by atoms with E-state index in [2.05, 4.69) is 15.9 Å². The number of benzene rings is 1. The zero-order valence-corrected chi connectivity index (χ0v) is 16.4. The van der Waals surface area contributed by atoms with Crippen LogP contribution in [0.25, 0.3) is 0 Å². The highest BCUT2D eigenvalue weighted by molar-refractivity contribution is 9.09. The molecular weight excluding hydrogens is 394 g/mol. The van der Waals surface area contributed by atoms with Crippen molar-refractivity contribution in [3.05, 3.63) is 29.3 Å². The lowest BCUT2D eigenvalue weighted by molar-refractivity contribution is 0.0690. The molecule has 1 aromatic carbocycles. The maximum absolute atomic E-state index is 12.3. The molecular formula is C18H25BrClNO3. The molecule has 1 aromatic rings. The summed E-state index contributed by atoms with van der Waals surface area (Å²) in [7, 11) is 1.82. The van der Waals surface area contributed by atoms with Gasteiger partial charge in [0, 0.05) is 36.7 Å². The SMILES string of the molecule is CN(C(=O)Oc1ccc(Cl)cc1)[C@H]1CC[C@H](COCCCBr)CC1. The number of hydrogen-bond acceptors (Lipinski definition) is 3. The van der Waals surface area contributed by atoms with E-state index in [1.165, 1.54) is 0 Å². The number of amides is 1. The first-order valence-corrected chi connectivity index (χ1v) is 9.94. The van der Waals surface area contributed by atoms with Crippen LogP contribution in [0, 0.1) is 5.92 Å². The van der Waals surface area contributed by atoms with E-state index in [1.54, 1.807) is 29.2 Å². The summed E-state index contributed by atoms with van der Waals surface area (Å²) in [4.78, 5) is 14.0. The van der Waals surface area contributed by atoms with Crippen molar-refractivity contribution in [3.63, 3.8) is 0 Å². The largest absolute Gasteiger partial charge is 0.415 e. The lowest BCUT2D eigenvalue weighted by atomic mass is 9.86. The Balaban J connectivity index is 1.72. The van der Waals surface area contributed by atoms with Crippen LogP contribution in [0.1, 0.15) is 32.1 Å². The van der Waals surface area contributed by atoms with Crippen molar-refractivity contribution < 1.29 is 14.3 Å². The van der Waals surface area contributed by atoms with Crippen LogP contribution in [0.4, 0.5) is 4.79 Å². The minimum atomic E-state index is -0.311. The third kappa shape index (κ3) is 6.26. The third-order valence-electron chi connectivity index (χ3n) is 4.45. The van der Waals surface area contributed by atoms with Crippen molar-refractivity contribution >= 4 is 33.6 Å². The number of rotatable bonds is 7. The molecule has 2 rings (SSSR count). The lowest BCUT2D eigenvalue weighted by Crippen LogP contribution is -2.41. The topological polar surface area (TPSA) is 38.8 Å². The summed E-state index contributed by atoms with van der Waals surface area (Å²) in [6, 6.07) is 7.07. The molecule has 0 spiro atoms. The van der Waals surface area contributed by atoms with Crippen molar-refractivity contribution in [1.82, 2.24) is 4.90 Å². The standard InChI is InChI=1S/C18H25BrClNO3/c1-21(18(22)24-17-9-5-15(20)6-10-17)16-7-3-14(4-8-16)13-23-12-2-11-19/h5-6,9-10,14,16H,2-4,7-8,11-13H2,1H3/t14-,16-. The average Bonchev–Trinajstić information content (AvgIpc) is 2.60. The highest BCUT2D eigenvalue weighted by atomic mass is 79.9. The Morgan fingerprint density at radius 3 is 2.54 bits per heavy atom. The van der Waals surface area contributed by atoms with Crippen LogP contribution in [0.15, 0.2) is 24.3 Å². The normalized spacial score (nSPS) is 20.6. The molecule has 0 aliphatic heterocycles. The molecule has 0 saturated heterocycles. The van der Waals surface area contributed by atoms with Crippen molar-refractivity contribution in [2.75, 3.05) is 25.6 Å². The van der Waals surface area contributed by atoms with E-state index in [0.29, 0.717) is 16.7 Å². The van der Waals surface area contributed by atoms with Gasteiger partial charge < -0.3 is 14.4 Å². The maximum Gasteiger partial charge on any atom is 0.415 e. The first-order valence-electron chi connectivity index (χ1n) is 8.44. The Morgan fingerprint density at radius 1 is 1.25 bits per heavy atom. The number of hydrogen-bond donors (Lipinski definition) is 0. The number of alkyl halides is 1. The zero-order valence-electron chi connectivity index (χ0n) is 14.0. The summed E-state index contributed by atoms with van der Waals surface area (Å²) >= 11 is 9.24. The summed E-state index contributed by atoms with van der Waals surface area (Å²) in [5, 5.41) is 1.61. The summed E-state index contributed by atoms with van der Waals surface area (Å²) in [5.41, 5.74) is 0. The fourth-order valence-electron chi connectivity index (χ4n) is 2.93. The molecule has 24 heavy (non-hydrogen) atoms. The van der Waals surface area contributed by atoms with Gasteiger partial charge in [-0.3, -0.25) is 0 Å². The van der Waals surface area contributed by atoms with Crippen molar-refractivity contribution in [2.45, 2.75) is 38.1 Å². The smallest absolute Gasteiger partial charge is 0.410 e. The summed E-state index contributed by atoms with van der Waals surface area (Å²) in [5.74, 6) is 1.13. The predicted octanol–water partition coefficient (Wildman–Crippen LogP) is 5.13. The molecule has 1 saturated carbocycles. The zero-order chi connectivity index (χ0) is 17.4. The Hall–Kier alpha value is -0.780. The molecule has 0 bridgehead atoms. The molecule has 0 N–H and O–H groups in total. The van der Waals surface area contributed by atoms with Gasteiger partial charge in [0.2, 0.25) is 0 Å². The van der Waals surface area contributed by atoms with Crippen LogP contribution in [-0.4, -0.2) is 42.6 Å². The molecule has 1 fully saturated rings. The van der Waals surface area contributed by atoms with Gasteiger partial charge >= 0.3 is 6.09 Å². The number of ether oxygens (including phenoxy) is 2. The fourth-order valence-corrected chi connectivity index (χ4v) is 3.28. The Kier molecular flexibility index (Phi) is 8.36. The second kappa shape index (κ2) is 10.3. The van der Waals surface area contributed by atoms with E-state index in [0.717, 1.165) is 50.6 Å². The summed E-state index contributed by atoms with van der Waals surface area (Å²) in [6.45, 7) is 1.65. The molecule has 1 amide bonds. The lowest BCUT2D eigenvalue weighted by Gasteiger charge is -2.34. The Morgan fingerprint density at radius 2 is 1.92 bits per heavy atom. The van der Waals surface area contributed by atoms with E-state index >= 15 is 0 Å². The molecule has 1 aliphatic carbocycles. The number of carbonyl (C=O) groups is 1. The quantitative estimate of drug-likeness (QED) is 0.455. The highest BCUT2D eigenvalue weighted by Gasteiger charge is 2.27. The molecule has 4 nitrogen and oxygen atoms in total. The second-order valence-electron chi connectivity index (χ2n) is 6.22. The van der Waals surface area contributed by atoms with Crippen molar-refractivity contribution in [1.29, 1.82) is 0 Å². The van der Waals surface area contributed by atoms with Gasteiger partial charge in [-0.05, 0) is 62.3 Å². The number of nitrogens with zero attached hydrogens (tertiary/aromatic N) is 1. The van der Waals surface area contributed by atoms with Crippen LogP contribution >= 0.6 is 27.5 Å². The van der Waals surface area contributed by atoms with Crippen molar-refractivity contribution in [3.8, 4) is 5.75 Å². The van der Waals surface area contributed by atoms with Gasteiger partial charge in [0.05, 0.1) is 0 Å². The monoisotopic (exact) mass is 417 g/mol. The first-order chi connectivity index (χ1) is 11.6. The minimum absolute atomic E-state index is 0.239. The van der Waals surface area contributed by atoms with E-state index in [1.807, 2.05) is 7.05 Å². The Labute approximate surface area is 157 Å². The number of carbonyl (C=O) groups excluding carboxylic acids is 1. The molecule has 134 valence electrons. The second-order valence-corrected chi connectivity index (χ2v) is 7.45. The van der Waals surface area contributed by atoms with Gasteiger partial charge in [0.25, 0.3) is 0 Å². The van der Waals surface area contributed by atoms with Crippen LogP contribution in [0.5, 0.6) is 5.75 Å². The van der Waals surface area contributed by atoms with Gasteiger partial charge in [0.15, 0.2) is 0 Å². The van der Waals surface area contributed by atoms with Gasteiger partial charge in [0.1, 0.15) is 5.75 Å². The van der Waals surface area contributed by atoms with Gasteiger partial charge in [-0.25, -0.2) is 4.79 Å². The van der Waals surface area contributed by atoms with Gasteiger partial charge in [-0.15, -0.1) is 0 Å². The Bertz CT molecular complexity index is 503. The highest BCUT2D eigenvalue weighted by Crippen LogP contribution is 2.28. The minimum Gasteiger partial charge on any atom is -0.410 e. The van der Waals surface area contributed by atoms with Gasteiger partial charge in [-0.2, -0.15) is 0 Å².